The molecule has 9 heavy (non-hydrogen) atoms. The van der Waals surface area contributed by atoms with Gasteiger partial charge in [0.2, 0.25) is 0 Å². The van der Waals surface area contributed by atoms with Gasteiger partial charge in [-0.1, -0.05) is 0 Å². The minimum atomic E-state index is 1.16. The van der Waals surface area contributed by atoms with E-state index in [9.17, 15) is 0 Å². The molecule has 0 spiro atoms. The third-order valence-corrected chi connectivity index (χ3v) is 2.24. The van der Waals surface area contributed by atoms with Crippen LogP contribution in [0.4, 0.5) is 0 Å². The molecular formula is C8H9Fe. The molecule has 1 heteroatoms. The molecule has 0 unspecified atom stereocenters. The van der Waals surface area contributed by atoms with Gasteiger partial charge < -0.3 is 0 Å². The molecule has 0 nitrogen and oxygen atoms in total. The molecule has 0 aliphatic carbocycles. The van der Waals surface area contributed by atoms with E-state index < -0.39 is 0 Å². The van der Waals surface area contributed by atoms with Gasteiger partial charge in [-0.2, -0.15) is 0 Å². The second kappa shape index (κ2) is 2.55. The molecule has 0 aliphatic heterocycles. The Bertz CT molecular complexity index is 196. The molecule has 0 bridgehead atoms. The predicted octanol–water partition coefficient (Wildman–Crippen LogP) is 1.48. The van der Waals surface area contributed by atoms with E-state index in [1.54, 1.807) is 0 Å². The first-order valence-corrected chi connectivity index (χ1v) is 3.47. The topological polar surface area (TPSA) is 0 Å². The van der Waals surface area contributed by atoms with E-state index in [1.165, 1.54) is 11.1 Å². The SMILES string of the molecule is Cc1cccc(C)[c]1[Fe]. The molecule has 0 saturated carbocycles. The van der Waals surface area contributed by atoms with Crippen LogP contribution in [-0.2, 0) is 16.0 Å². The van der Waals surface area contributed by atoms with Gasteiger partial charge in [0.1, 0.15) is 0 Å². The van der Waals surface area contributed by atoms with Crippen molar-refractivity contribution >= 4 is 4.46 Å². The van der Waals surface area contributed by atoms with Crippen molar-refractivity contribution in [1.82, 2.24) is 0 Å². The van der Waals surface area contributed by atoms with Crippen molar-refractivity contribution in [1.29, 1.82) is 0 Å². The van der Waals surface area contributed by atoms with Gasteiger partial charge >= 0.3 is 63.6 Å². The van der Waals surface area contributed by atoms with Crippen molar-refractivity contribution in [3.63, 3.8) is 0 Å². The summed E-state index contributed by atoms with van der Waals surface area (Å²) in [5.41, 5.74) is 2.55. The van der Waals surface area contributed by atoms with Crippen molar-refractivity contribution in [3.8, 4) is 0 Å². The second-order valence-corrected chi connectivity index (χ2v) is 2.75. The zero-order valence-corrected chi connectivity index (χ0v) is 6.69. The van der Waals surface area contributed by atoms with Crippen molar-refractivity contribution in [2.45, 2.75) is 13.8 Å². The fourth-order valence-electron chi connectivity index (χ4n) is 0.790. The molecule has 1 rings (SSSR count). The molecule has 0 N–H and O–H groups in total. The summed E-state index contributed by atoms with van der Waals surface area (Å²) in [6.07, 6.45) is 0. The maximum atomic E-state index is 3.92. The van der Waals surface area contributed by atoms with Gasteiger partial charge in [-0.05, 0) is 0 Å². The summed E-state index contributed by atoms with van der Waals surface area (Å²) in [4.78, 5) is 0. The first-order valence-electron chi connectivity index (χ1n) is 2.92. The summed E-state index contributed by atoms with van der Waals surface area (Å²) in [5, 5.41) is 0. The van der Waals surface area contributed by atoms with Gasteiger partial charge in [-0.25, -0.2) is 0 Å². The van der Waals surface area contributed by atoms with Crippen molar-refractivity contribution in [2.24, 2.45) is 0 Å². The molecule has 0 amide bonds. The Labute approximate surface area is 64.1 Å². The van der Waals surface area contributed by atoms with Gasteiger partial charge in [0.25, 0.3) is 0 Å². The van der Waals surface area contributed by atoms with E-state index in [0.717, 1.165) is 4.46 Å². The molecule has 1 aromatic rings. The number of hydrogen-bond acceptors (Lipinski definition) is 0. The molecule has 0 aromatic heterocycles. The van der Waals surface area contributed by atoms with Crippen LogP contribution in [0.3, 0.4) is 0 Å². The van der Waals surface area contributed by atoms with Crippen LogP contribution in [0.5, 0.6) is 0 Å². The standard InChI is InChI=1S/C8H9.Fe/c1-7-4-3-5-8(2)6-7;/h3-5H,1-2H3;. The Hall–Kier alpha value is -0.261. The van der Waals surface area contributed by atoms with Crippen LogP contribution in [0.2, 0.25) is 0 Å². The Morgan fingerprint density at radius 3 is 1.89 bits per heavy atom. The third-order valence-electron chi connectivity index (χ3n) is 1.37. The van der Waals surface area contributed by atoms with Gasteiger partial charge in [0, 0.05) is 0 Å². The van der Waals surface area contributed by atoms with E-state index in [1.807, 2.05) is 0 Å². The van der Waals surface area contributed by atoms with Gasteiger partial charge in [0.15, 0.2) is 0 Å². The average molecular weight is 161 g/mol. The van der Waals surface area contributed by atoms with E-state index in [2.05, 4.69) is 48.1 Å². The zero-order chi connectivity index (χ0) is 6.85. The Morgan fingerprint density at radius 1 is 1.11 bits per heavy atom. The van der Waals surface area contributed by atoms with Gasteiger partial charge in [0.05, 0.1) is 0 Å². The van der Waals surface area contributed by atoms with Crippen LogP contribution in [0.15, 0.2) is 18.2 Å². The van der Waals surface area contributed by atoms with E-state index >= 15 is 0 Å². The first kappa shape index (κ1) is 6.85. The molecule has 1 aromatic carbocycles. The summed E-state index contributed by atoms with van der Waals surface area (Å²) in [6.45, 7) is 4.16. The summed E-state index contributed by atoms with van der Waals surface area (Å²) in [6, 6.07) is 6.21. The predicted molar refractivity (Wildman–Crippen MR) is 35.5 cm³/mol. The van der Waals surface area contributed by atoms with Crippen LogP contribution in [-0.4, -0.2) is 0 Å². The number of benzene rings is 1. The number of hydrogen-bond donors (Lipinski definition) is 0. The quantitative estimate of drug-likeness (QED) is 0.505. The molecular weight excluding hydrogens is 152 g/mol. The molecule has 0 heterocycles. The normalized spacial score (nSPS) is 9.67. The molecule has 0 atom stereocenters. The van der Waals surface area contributed by atoms with Crippen molar-refractivity contribution in [2.75, 3.05) is 0 Å². The molecule has 0 aliphatic rings. The third kappa shape index (κ3) is 1.35. The summed E-state index contributed by atoms with van der Waals surface area (Å²) >= 11 is 3.92. The van der Waals surface area contributed by atoms with Gasteiger partial charge in [-0.3, -0.25) is 0 Å². The molecule has 0 radical (unpaired) electrons. The van der Waals surface area contributed by atoms with E-state index in [-0.39, 0.29) is 0 Å². The zero-order valence-electron chi connectivity index (χ0n) is 5.59. The van der Waals surface area contributed by atoms with Crippen LogP contribution < -0.4 is 4.46 Å². The molecule has 49 valence electrons. The first-order chi connectivity index (χ1) is 4.22. The van der Waals surface area contributed by atoms with Crippen LogP contribution in [0.25, 0.3) is 0 Å². The Morgan fingerprint density at radius 2 is 1.56 bits per heavy atom. The summed E-state index contributed by atoms with van der Waals surface area (Å²) in [7, 11) is 0. The van der Waals surface area contributed by atoms with Crippen LogP contribution >= 0.6 is 0 Å². The van der Waals surface area contributed by atoms with Gasteiger partial charge in [-0.15, -0.1) is 0 Å². The Balaban J connectivity index is 3.25. The van der Waals surface area contributed by atoms with Crippen molar-refractivity contribution < 1.29 is 16.0 Å². The molecule has 0 fully saturated rings. The molecule has 0 saturated heterocycles. The number of aryl methyl sites for hydroxylation is 2. The second-order valence-electron chi connectivity index (χ2n) is 2.19. The van der Waals surface area contributed by atoms with Crippen molar-refractivity contribution in [3.05, 3.63) is 29.3 Å². The van der Waals surface area contributed by atoms with E-state index in [4.69, 9.17) is 0 Å². The summed E-state index contributed by atoms with van der Waals surface area (Å²) in [5.74, 6) is 0. The number of rotatable bonds is 0. The average Bonchev–Trinajstić information content (AvgIpc) is 1.83. The van der Waals surface area contributed by atoms with Crippen LogP contribution in [0.1, 0.15) is 11.1 Å². The minimum absolute atomic E-state index is 1.16. The fourth-order valence-corrected chi connectivity index (χ4v) is 0.974. The summed E-state index contributed by atoms with van der Waals surface area (Å²) < 4.78 is 1.16. The monoisotopic (exact) mass is 161 g/mol. The fraction of sp³-hybridized carbons (Fsp3) is 0.250. The Kier molecular flexibility index (Phi) is 1.94. The maximum absolute atomic E-state index is 3.92. The van der Waals surface area contributed by atoms with E-state index in [0.29, 0.717) is 0 Å². The van der Waals surface area contributed by atoms with Crippen LogP contribution in [0, 0.1) is 13.8 Å².